The Morgan fingerprint density at radius 3 is 2.41 bits per heavy atom. The maximum absolute atomic E-state index is 13.3. The van der Waals surface area contributed by atoms with Crippen LogP contribution in [0.15, 0.2) is 72.1 Å². The number of hydrogen-bond donors (Lipinski definition) is 2. The standard InChI is InChI=1S/C32H38Cl2N4O/c1-21-16-24(32-27(33)8-5-9-28(32)34)18-25(35-21)20-31(39)38-14-12-37(13-15-38)30-19-23-10-11-29(36-30)26(23)17-22-6-3-2-4-7-22/h2-9,16,18,23-24,26,29-30,35-36H,10-15,17,19-20H2,1H3. The number of rotatable bonds is 6. The lowest BCUT2D eigenvalue weighted by molar-refractivity contribution is -0.133. The van der Waals surface area contributed by atoms with Crippen molar-refractivity contribution in [3.8, 4) is 0 Å². The van der Waals surface area contributed by atoms with E-state index in [0.29, 0.717) is 28.7 Å². The normalized spacial score (nSPS) is 29.0. The van der Waals surface area contributed by atoms with Crippen LogP contribution in [0.5, 0.6) is 0 Å². The van der Waals surface area contributed by atoms with Gasteiger partial charge in [-0.15, -0.1) is 0 Å². The molecule has 0 spiro atoms. The van der Waals surface area contributed by atoms with Gasteiger partial charge in [0.05, 0.1) is 12.6 Å². The first-order valence-corrected chi connectivity index (χ1v) is 15.1. The van der Waals surface area contributed by atoms with Gasteiger partial charge in [0.15, 0.2) is 0 Å². The van der Waals surface area contributed by atoms with Crippen LogP contribution in [0.3, 0.4) is 0 Å². The van der Waals surface area contributed by atoms with Crippen LogP contribution in [-0.4, -0.2) is 54.1 Å². The number of halogens is 2. The van der Waals surface area contributed by atoms with Gasteiger partial charge in [0.25, 0.3) is 0 Å². The fourth-order valence-corrected chi connectivity index (χ4v) is 7.88. The smallest absolute Gasteiger partial charge is 0.228 e. The number of benzene rings is 2. The van der Waals surface area contributed by atoms with Gasteiger partial charge in [0.1, 0.15) is 0 Å². The van der Waals surface area contributed by atoms with E-state index in [4.69, 9.17) is 23.2 Å². The second-order valence-electron chi connectivity index (χ2n) is 11.6. The maximum Gasteiger partial charge on any atom is 0.228 e. The number of dihydropyridines is 1. The van der Waals surface area contributed by atoms with Crippen LogP contribution >= 0.6 is 23.2 Å². The number of carbonyl (C=O) groups is 1. The molecule has 4 aliphatic rings. The Bertz CT molecular complexity index is 1220. The third-order valence-corrected chi connectivity index (χ3v) is 9.83. The van der Waals surface area contributed by atoms with E-state index in [-0.39, 0.29) is 11.8 Å². The molecule has 3 fully saturated rings. The lowest BCUT2D eigenvalue weighted by Crippen LogP contribution is -2.60. The Morgan fingerprint density at radius 1 is 0.949 bits per heavy atom. The van der Waals surface area contributed by atoms with Gasteiger partial charge in [-0.1, -0.05) is 71.8 Å². The number of fused-ring (bicyclic) bond motifs is 2. The monoisotopic (exact) mass is 564 g/mol. The lowest BCUT2D eigenvalue weighted by Gasteiger charge is -2.45. The Kier molecular flexibility index (Phi) is 8.04. The predicted molar refractivity (Wildman–Crippen MR) is 159 cm³/mol. The highest BCUT2D eigenvalue weighted by Crippen LogP contribution is 2.42. The highest BCUT2D eigenvalue weighted by Gasteiger charge is 2.44. The first-order valence-electron chi connectivity index (χ1n) is 14.4. The van der Waals surface area contributed by atoms with Gasteiger partial charge in [0.2, 0.25) is 5.91 Å². The number of allylic oxidation sites excluding steroid dienone is 3. The molecule has 2 aromatic rings. The van der Waals surface area contributed by atoms with Crippen molar-refractivity contribution in [2.75, 3.05) is 26.2 Å². The Labute approximate surface area is 242 Å². The van der Waals surface area contributed by atoms with E-state index in [9.17, 15) is 4.79 Å². The molecule has 1 amide bonds. The minimum absolute atomic E-state index is 0.0504. The van der Waals surface area contributed by atoms with Crippen molar-refractivity contribution in [2.24, 2.45) is 11.8 Å². The summed E-state index contributed by atoms with van der Waals surface area (Å²) in [4.78, 5) is 17.9. The van der Waals surface area contributed by atoms with Crippen molar-refractivity contribution in [3.63, 3.8) is 0 Å². The fourth-order valence-electron chi connectivity index (χ4n) is 7.23. The number of nitrogens with zero attached hydrogens (tertiary/aromatic N) is 2. The average molecular weight is 566 g/mol. The SMILES string of the molecule is CC1=CC(c2c(Cl)cccc2Cl)C=C(CC(=O)N2CCN(C3CC4CCC(N3)C4Cc3ccccc3)CC2)N1. The van der Waals surface area contributed by atoms with Crippen LogP contribution in [0.1, 0.15) is 49.7 Å². The van der Waals surface area contributed by atoms with Gasteiger partial charge < -0.3 is 10.2 Å². The van der Waals surface area contributed by atoms with Crippen LogP contribution in [0.4, 0.5) is 0 Å². The highest BCUT2D eigenvalue weighted by molar-refractivity contribution is 6.36. The minimum Gasteiger partial charge on any atom is -0.363 e. The molecular formula is C32H38Cl2N4O. The van der Waals surface area contributed by atoms with E-state index >= 15 is 0 Å². The summed E-state index contributed by atoms with van der Waals surface area (Å²) in [7, 11) is 0. The van der Waals surface area contributed by atoms with Gasteiger partial charge in [-0.25, -0.2) is 0 Å². The summed E-state index contributed by atoms with van der Waals surface area (Å²) in [5.41, 5.74) is 4.27. The topological polar surface area (TPSA) is 47.6 Å². The molecule has 2 saturated heterocycles. The number of hydrogen-bond acceptors (Lipinski definition) is 4. The average Bonchev–Trinajstić information content (AvgIpc) is 3.14. The molecule has 2 aromatic carbocycles. The third kappa shape index (κ3) is 5.92. The van der Waals surface area contributed by atoms with E-state index in [1.165, 1.54) is 31.2 Å². The van der Waals surface area contributed by atoms with Crippen molar-refractivity contribution >= 4 is 29.1 Å². The van der Waals surface area contributed by atoms with E-state index in [0.717, 1.165) is 55.0 Å². The van der Waals surface area contributed by atoms with Crippen molar-refractivity contribution < 1.29 is 4.79 Å². The predicted octanol–water partition coefficient (Wildman–Crippen LogP) is 5.96. The van der Waals surface area contributed by atoms with Crippen LogP contribution in [-0.2, 0) is 11.2 Å². The molecule has 5 atom stereocenters. The summed E-state index contributed by atoms with van der Waals surface area (Å²) in [6.07, 6.45) is 10.0. The summed E-state index contributed by atoms with van der Waals surface area (Å²) in [6.45, 7) is 5.43. The second kappa shape index (κ2) is 11.7. The fraction of sp³-hybridized carbons (Fsp3) is 0.469. The molecule has 7 heteroatoms. The molecule has 2 N–H and O–H groups in total. The second-order valence-corrected chi connectivity index (χ2v) is 12.5. The van der Waals surface area contributed by atoms with E-state index in [1.54, 1.807) is 0 Å². The van der Waals surface area contributed by atoms with Crippen molar-refractivity contribution in [2.45, 2.75) is 57.2 Å². The summed E-state index contributed by atoms with van der Waals surface area (Å²) in [6, 6.07) is 17.1. The molecule has 3 aliphatic heterocycles. The first-order chi connectivity index (χ1) is 18.9. The van der Waals surface area contributed by atoms with Crippen LogP contribution in [0, 0.1) is 11.8 Å². The van der Waals surface area contributed by atoms with E-state index < -0.39 is 0 Å². The molecule has 39 heavy (non-hydrogen) atoms. The molecule has 5 unspecified atom stereocenters. The highest BCUT2D eigenvalue weighted by atomic mass is 35.5. The van der Waals surface area contributed by atoms with Crippen molar-refractivity contribution in [1.82, 2.24) is 20.4 Å². The zero-order valence-electron chi connectivity index (χ0n) is 22.6. The molecule has 0 radical (unpaired) electrons. The van der Waals surface area contributed by atoms with Crippen LogP contribution < -0.4 is 10.6 Å². The first kappa shape index (κ1) is 26.9. The molecule has 5 nitrogen and oxygen atoms in total. The van der Waals surface area contributed by atoms with Crippen molar-refractivity contribution in [1.29, 1.82) is 0 Å². The largest absolute Gasteiger partial charge is 0.363 e. The molecule has 6 rings (SSSR count). The molecule has 2 bridgehead atoms. The molecule has 0 aromatic heterocycles. The summed E-state index contributed by atoms with van der Waals surface area (Å²) < 4.78 is 0. The summed E-state index contributed by atoms with van der Waals surface area (Å²) >= 11 is 13.0. The van der Waals surface area contributed by atoms with Crippen LogP contribution in [0.2, 0.25) is 10.0 Å². The number of amides is 1. The number of piperidine rings is 1. The van der Waals surface area contributed by atoms with Gasteiger partial charge in [-0.05, 0) is 62.1 Å². The van der Waals surface area contributed by atoms with E-state index in [1.807, 2.05) is 30.0 Å². The molecule has 1 aliphatic carbocycles. The van der Waals surface area contributed by atoms with Gasteiger partial charge in [0, 0.05) is 65.1 Å². The summed E-state index contributed by atoms with van der Waals surface area (Å²) in [5, 5.41) is 8.69. The quantitative estimate of drug-likeness (QED) is 0.454. The minimum atomic E-state index is -0.0504. The Hall–Kier alpha value is -2.31. The van der Waals surface area contributed by atoms with E-state index in [2.05, 4.69) is 58.0 Å². The van der Waals surface area contributed by atoms with Crippen LogP contribution in [0.25, 0.3) is 0 Å². The zero-order valence-corrected chi connectivity index (χ0v) is 24.1. The number of piperazine rings is 1. The molecule has 206 valence electrons. The molecule has 3 heterocycles. The maximum atomic E-state index is 13.3. The molecule has 1 saturated carbocycles. The zero-order chi connectivity index (χ0) is 26.9. The Morgan fingerprint density at radius 2 is 1.69 bits per heavy atom. The third-order valence-electron chi connectivity index (χ3n) is 9.17. The number of carbonyl (C=O) groups excluding carboxylic acids is 1. The van der Waals surface area contributed by atoms with Gasteiger partial charge in [-0.3, -0.25) is 15.0 Å². The Balaban J connectivity index is 1.03. The molecular weight excluding hydrogens is 527 g/mol. The van der Waals surface area contributed by atoms with Gasteiger partial charge >= 0.3 is 0 Å². The number of nitrogens with one attached hydrogen (secondary N) is 2. The van der Waals surface area contributed by atoms with Gasteiger partial charge in [-0.2, -0.15) is 0 Å². The lowest BCUT2D eigenvalue weighted by atomic mass is 9.81. The summed E-state index contributed by atoms with van der Waals surface area (Å²) in [5.74, 6) is 1.66. The van der Waals surface area contributed by atoms with Crippen molar-refractivity contribution in [3.05, 3.63) is 93.2 Å².